The van der Waals surface area contributed by atoms with Gasteiger partial charge in [0.15, 0.2) is 0 Å². The molecule has 2 N–H and O–H groups in total. The van der Waals surface area contributed by atoms with Crippen molar-refractivity contribution in [3.63, 3.8) is 0 Å². The number of carbonyl (C=O) groups excluding carboxylic acids is 1. The molecule has 4 heteroatoms. The lowest BCUT2D eigenvalue weighted by Gasteiger charge is -2.17. The van der Waals surface area contributed by atoms with E-state index in [-0.39, 0.29) is 12.1 Å². The fourth-order valence-electron chi connectivity index (χ4n) is 1.95. The Morgan fingerprint density at radius 3 is 2.53 bits per heavy atom. The molecular weight excluding hydrogens is 238 g/mol. The fourth-order valence-corrected chi connectivity index (χ4v) is 1.95. The van der Waals surface area contributed by atoms with Gasteiger partial charge in [-0.15, -0.1) is 0 Å². The molecule has 2 aromatic rings. The maximum absolute atomic E-state index is 11.9. The van der Waals surface area contributed by atoms with Crippen LogP contribution in [0.25, 0.3) is 0 Å². The standard InChI is InChI=1S/C15H17N3O/c1-11-5-3-4-6-14(11)12(2)17-15(19)18-13-7-9-16-10-8-13/h3-10,12H,1-2H3,(H2,16,17,18,19)/t12-/m1/s1. The predicted molar refractivity (Wildman–Crippen MR) is 76.0 cm³/mol. The number of nitrogens with zero attached hydrogens (tertiary/aromatic N) is 1. The molecule has 4 nitrogen and oxygen atoms in total. The van der Waals surface area contributed by atoms with Gasteiger partial charge in [0, 0.05) is 18.1 Å². The van der Waals surface area contributed by atoms with Crippen molar-refractivity contribution < 1.29 is 4.79 Å². The SMILES string of the molecule is Cc1ccccc1[C@@H](C)NC(=O)Nc1ccncc1. The van der Waals surface area contributed by atoms with E-state index in [1.807, 2.05) is 38.1 Å². The molecule has 0 radical (unpaired) electrons. The summed E-state index contributed by atoms with van der Waals surface area (Å²) in [6.45, 7) is 4.00. The molecule has 0 spiro atoms. The second-order valence-electron chi connectivity index (χ2n) is 4.41. The Labute approximate surface area is 112 Å². The van der Waals surface area contributed by atoms with Crippen molar-refractivity contribution in [2.24, 2.45) is 0 Å². The van der Waals surface area contributed by atoms with Gasteiger partial charge in [-0.1, -0.05) is 24.3 Å². The number of pyridine rings is 1. The summed E-state index contributed by atoms with van der Waals surface area (Å²) in [5.74, 6) is 0. The van der Waals surface area contributed by atoms with Crippen LogP contribution < -0.4 is 10.6 Å². The van der Waals surface area contributed by atoms with Gasteiger partial charge in [0.1, 0.15) is 0 Å². The molecule has 0 bridgehead atoms. The number of urea groups is 1. The average Bonchev–Trinajstić information content (AvgIpc) is 2.40. The van der Waals surface area contributed by atoms with Gasteiger partial charge >= 0.3 is 6.03 Å². The highest BCUT2D eigenvalue weighted by Crippen LogP contribution is 2.16. The molecule has 1 aromatic carbocycles. The Balaban J connectivity index is 1.98. The number of carbonyl (C=O) groups is 1. The van der Waals surface area contributed by atoms with E-state index < -0.39 is 0 Å². The summed E-state index contributed by atoms with van der Waals surface area (Å²) in [6, 6.07) is 11.3. The van der Waals surface area contributed by atoms with Crippen LogP contribution in [-0.2, 0) is 0 Å². The summed E-state index contributed by atoms with van der Waals surface area (Å²) in [7, 11) is 0. The minimum atomic E-state index is -0.220. The van der Waals surface area contributed by atoms with Crippen molar-refractivity contribution in [1.29, 1.82) is 0 Å². The Morgan fingerprint density at radius 1 is 1.16 bits per heavy atom. The van der Waals surface area contributed by atoms with E-state index in [1.165, 1.54) is 5.56 Å². The van der Waals surface area contributed by atoms with Gasteiger partial charge in [0.25, 0.3) is 0 Å². The Morgan fingerprint density at radius 2 is 1.84 bits per heavy atom. The van der Waals surface area contributed by atoms with E-state index in [9.17, 15) is 4.79 Å². The number of amides is 2. The summed E-state index contributed by atoms with van der Waals surface area (Å²) in [4.78, 5) is 15.8. The Kier molecular flexibility index (Phi) is 4.13. The molecule has 0 aliphatic heterocycles. The molecule has 2 rings (SSSR count). The molecule has 0 saturated carbocycles. The van der Waals surface area contributed by atoms with Crippen LogP contribution in [0.2, 0.25) is 0 Å². The zero-order valence-electron chi connectivity index (χ0n) is 11.1. The third-order valence-electron chi connectivity index (χ3n) is 2.94. The minimum Gasteiger partial charge on any atom is -0.331 e. The van der Waals surface area contributed by atoms with E-state index in [4.69, 9.17) is 0 Å². The van der Waals surface area contributed by atoms with Crippen molar-refractivity contribution >= 4 is 11.7 Å². The molecule has 19 heavy (non-hydrogen) atoms. The van der Waals surface area contributed by atoms with Crippen molar-refractivity contribution in [1.82, 2.24) is 10.3 Å². The minimum absolute atomic E-state index is 0.0389. The molecule has 0 unspecified atom stereocenters. The van der Waals surface area contributed by atoms with Crippen LogP contribution in [0.1, 0.15) is 24.1 Å². The summed E-state index contributed by atoms with van der Waals surface area (Å²) in [5, 5.41) is 5.69. The van der Waals surface area contributed by atoms with Crippen molar-refractivity contribution in [2.75, 3.05) is 5.32 Å². The number of hydrogen-bond donors (Lipinski definition) is 2. The van der Waals surface area contributed by atoms with E-state index in [0.717, 1.165) is 11.3 Å². The quantitative estimate of drug-likeness (QED) is 0.884. The Bertz CT molecular complexity index is 554. The molecule has 0 fully saturated rings. The largest absolute Gasteiger partial charge is 0.331 e. The normalized spacial score (nSPS) is 11.7. The first-order chi connectivity index (χ1) is 9.16. The van der Waals surface area contributed by atoms with Crippen LogP contribution in [-0.4, -0.2) is 11.0 Å². The first kappa shape index (κ1) is 13.1. The zero-order chi connectivity index (χ0) is 13.7. The van der Waals surface area contributed by atoms with Gasteiger partial charge in [0.05, 0.1) is 6.04 Å². The Hall–Kier alpha value is -2.36. The molecular formula is C15H17N3O. The summed E-state index contributed by atoms with van der Waals surface area (Å²) < 4.78 is 0. The van der Waals surface area contributed by atoms with Gasteiger partial charge in [-0.05, 0) is 37.1 Å². The van der Waals surface area contributed by atoms with Crippen LogP contribution in [0.5, 0.6) is 0 Å². The third-order valence-corrected chi connectivity index (χ3v) is 2.94. The summed E-state index contributed by atoms with van der Waals surface area (Å²) in [5.41, 5.74) is 3.01. The molecule has 2 amide bonds. The number of rotatable bonds is 3. The molecule has 98 valence electrons. The molecule has 1 aromatic heterocycles. The van der Waals surface area contributed by atoms with Crippen molar-refractivity contribution in [3.8, 4) is 0 Å². The second kappa shape index (κ2) is 6.00. The highest BCUT2D eigenvalue weighted by Gasteiger charge is 2.10. The first-order valence-electron chi connectivity index (χ1n) is 6.20. The molecule has 0 aliphatic rings. The lowest BCUT2D eigenvalue weighted by molar-refractivity contribution is 0.249. The number of nitrogens with one attached hydrogen (secondary N) is 2. The van der Waals surface area contributed by atoms with E-state index >= 15 is 0 Å². The lowest BCUT2D eigenvalue weighted by Crippen LogP contribution is -2.31. The van der Waals surface area contributed by atoms with E-state index in [1.54, 1.807) is 24.5 Å². The monoisotopic (exact) mass is 255 g/mol. The maximum atomic E-state index is 11.9. The highest BCUT2D eigenvalue weighted by atomic mass is 16.2. The number of aromatic nitrogens is 1. The number of aryl methyl sites for hydroxylation is 1. The second-order valence-corrected chi connectivity index (χ2v) is 4.41. The smallest absolute Gasteiger partial charge is 0.319 e. The summed E-state index contributed by atoms with van der Waals surface area (Å²) in [6.07, 6.45) is 3.28. The zero-order valence-corrected chi connectivity index (χ0v) is 11.1. The van der Waals surface area contributed by atoms with Crippen LogP contribution in [0.3, 0.4) is 0 Å². The van der Waals surface area contributed by atoms with Gasteiger partial charge < -0.3 is 10.6 Å². The molecule has 0 aliphatic carbocycles. The molecule has 1 atom stereocenters. The number of hydrogen-bond acceptors (Lipinski definition) is 2. The fraction of sp³-hybridized carbons (Fsp3) is 0.200. The van der Waals surface area contributed by atoms with Gasteiger partial charge in [-0.3, -0.25) is 4.98 Å². The van der Waals surface area contributed by atoms with Crippen LogP contribution in [0.15, 0.2) is 48.8 Å². The van der Waals surface area contributed by atoms with Crippen molar-refractivity contribution in [3.05, 3.63) is 59.9 Å². The maximum Gasteiger partial charge on any atom is 0.319 e. The van der Waals surface area contributed by atoms with Crippen LogP contribution >= 0.6 is 0 Å². The lowest BCUT2D eigenvalue weighted by atomic mass is 10.0. The number of anilines is 1. The molecule has 1 heterocycles. The third kappa shape index (κ3) is 3.55. The highest BCUT2D eigenvalue weighted by molar-refractivity contribution is 5.89. The topological polar surface area (TPSA) is 54.0 Å². The summed E-state index contributed by atoms with van der Waals surface area (Å²) >= 11 is 0. The average molecular weight is 255 g/mol. The predicted octanol–water partition coefficient (Wildman–Crippen LogP) is 3.27. The van der Waals surface area contributed by atoms with E-state index in [0.29, 0.717) is 0 Å². The van der Waals surface area contributed by atoms with Gasteiger partial charge in [0.2, 0.25) is 0 Å². The molecule has 0 saturated heterocycles. The first-order valence-corrected chi connectivity index (χ1v) is 6.20. The van der Waals surface area contributed by atoms with Crippen LogP contribution in [0.4, 0.5) is 10.5 Å². The van der Waals surface area contributed by atoms with Crippen LogP contribution in [0, 0.1) is 6.92 Å². The van der Waals surface area contributed by atoms with Crippen molar-refractivity contribution in [2.45, 2.75) is 19.9 Å². The van der Waals surface area contributed by atoms with E-state index in [2.05, 4.69) is 15.6 Å². The van der Waals surface area contributed by atoms with Gasteiger partial charge in [-0.25, -0.2) is 4.79 Å². The number of benzene rings is 1. The van der Waals surface area contributed by atoms with Gasteiger partial charge in [-0.2, -0.15) is 0 Å².